The monoisotopic (exact) mass is 352 g/mol. The summed E-state index contributed by atoms with van der Waals surface area (Å²) < 4.78 is 5.35. The lowest BCUT2D eigenvalue weighted by Crippen LogP contribution is -2.52. The van der Waals surface area contributed by atoms with Crippen LogP contribution in [0.3, 0.4) is 0 Å². The Kier molecular flexibility index (Phi) is 5.56. The average molecular weight is 352 g/mol. The second-order valence-corrected chi connectivity index (χ2v) is 6.50. The van der Waals surface area contributed by atoms with E-state index in [-0.39, 0.29) is 11.8 Å². The van der Waals surface area contributed by atoms with Crippen molar-refractivity contribution in [1.29, 1.82) is 0 Å². The van der Waals surface area contributed by atoms with Gasteiger partial charge >= 0.3 is 0 Å². The first-order chi connectivity index (χ1) is 12.6. The van der Waals surface area contributed by atoms with E-state index in [1.807, 2.05) is 55.5 Å². The maximum absolute atomic E-state index is 12.9. The molecule has 3 rings (SSSR count). The second-order valence-electron chi connectivity index (χ2n) is 6.50. The van der Waals surface area contributed by atoms with Crippen LogP contribution in [-0.2, 0) is 16.0 Å². The van der Waals surface area contributed by atoms with Crippen LogP contribution in [0.1, 0.15) is 29.2 Å². The number of carbonyl (C=O) groups is 2. The van der Waals surface area contributed by atoms with Crippen LogP contribution in [0.25, 0.3) is 0 Å². The highest BCUT2D eigenvalue weighted by molar-refractivity contribution is 5.89. The Morgan fingerprint density at radius 3 is 2.65 bits per heavy atom. The molecule has 1 unspecified atom stereocenters. The van der Waals surface area contributed by atoms with E-state index < -0.39 is 6.04 Å². The third-order valence-electron chi connectivity index (χ3n) is 4.73. The summed E-state index contributed by atoms with van der Waals surface area (Å²) in [7, 11) is 1.63. The van der Waals surface area contributed by atoms with Gasteiger partial charge in [-0.2, -0.15) is 0 Å². The normalized spacial score (nSPS) is 16.9. The first-order valence-corrected chi connectivity index (χ1v) is 8.86. The number of piperazine rings is 1. The van der Waals surface area contributed by atoms with Crippen molar-refractivity contribution >= 4 is 11.8 Å². The molecule has 1 atom stereocenters. The van der Waals surface area contributed by atoms with Crippen LogP contribution in [-0.4, -0.2) is 36.9 Å². The number of methoxy groups -OCH3 is 1. The van der Waals surface area contributed by atoms with Crippen LogP contribution < -0.4 is 10.1 Å². The number of para-hydroxylation sites is 1. The number of benzene rings is 2. The number of ether oxygens (including phenoxy) is 1. The SMILES string of the molecule is COc1ccccc1CCC(=O)N1CCNC(=O)C1c1ccc(C)cc1. The van der Waals surface area contributed by atoms with E-state index in [9.17, 15) is 9.59 Å². The Morgan fingerprint density at radius 2 is 1.92 bits per heavy atom. The smallest absolute Gasteiger partial charge is 0.247 e. The van der Waals surface area contributed by atoms with Gasteiger partial charge in [0.15, 0.2) is 0 Å². The van der Waals surface area contributed by atoms with Crippen molar-refractivity contribution in [1.82, 2.24) is 10.2 Å². The predicted molar refractivity (Wildman–Crippen MR) is 100.0 cm³/mol. The van der Waals surface area contributed by atoms with Gasteiger partial charge in [-0.25, -0.2) is 0 Å². The molecule has 2 amide bonds. The van der Waals surface area contributed by atoms with Gasteiger partial charge in [0, 0.05) is 19.5 Å². The number of hydrogen-bond acceptors (Lipinski definition) is 3. The Labute approximate surface area is 154 Å². The van der Waals surface area contributed by atoms with Crippen molar-refractivity contribution < 1.29 is 14.3 Å². The van der Waals surface area contributed by atoms with Gasteiger partial charge < -0.3 is 15.0 Å². The molecule has 1 N–H and O–H groups in total. The maximum atomic E-state index is 12.9. The molecule has 0 saturated carbocycles. The fourth-order valence-electron chi connectivity index (χ4n) is 3.31. The van der Waals surface area contributed by atoms with E-state index in [0.717, 1.165) is 22.4 Å². The standard InChI is InChI=1S/C21H24N2O3/c1-15-7-9-17(10-8-15)20-21(25)22-13-14-23(20)19(24)12-11-16-5-3-4-6-18(16)26-2/h3-10,20H,11-14H2,1-2H3,(H,22,25). The number of amides is 2. The minimum Gasteiger partial charge on any atom is -0.496 e. The molecule has 5 nitrogen and oxygen atoms in total. The highest BCUT2D eigenvalue weighted by Crippen LogP contribution is 2.26. The molecule has 2 aromatic rings. The molecule has 0 bridgehead atoms. The molecule has 0 aromatic heterocycles. The predicted octanol–water partition coefficient (Wildman–Crippen LogP) is 2.64. The lowest BCUT2D eigenvalue weighted by Gasteiger charge is -2.35. The van der Waals surface area contributed by atoms with Crippen molar-refractivity contribution in [3.8, 4) is 5.75 Å². The molecule has 26 heavy (non-hydrogen) atoms. The Hall–Kier alpha value is -2.82. The van der Waals surface area contributed by atoms with Crippen molar-refractivity contribution in [3.63, 3.8) is 0 Å². The summed E-state index contributed by atoms with van der Waals surface area (Å²) in [6.07, 6.45) is 0.928. The lowest BCUT2D eigenvalue weighted by atomic mass is 10.00. The molecule has 1 fully saturated rings. The van der Waals surface area contributed by atoms with Crippen LogP contribution in [0.4, 0.5) is 0 Å². The third-order valence-corrected chi connectivity index (χ3v) is 4.73. The van der Waals surface area contributed by atoms with Crippen LogP contribution >= 0.6 is 0 Å². The minimum absolute atomic E-state index is 0.0173. The number of hydrogen-bond donors (Lipinski definition) is 1. The summed E-state index contributed by atoms with van der Waals surface area (Å²) in [6.45, 7) is 3.01. The summed E-state index contributed by atoms with van der Waals surface area (Å²) >= 11 is 0. The molecule has 1 heterocycles. The minimum atomic E-state index is -0.561. The summed E-state index contributed by atoms with van der Waals surface area (Å²) in [5, 5.41) is 2.87. The second kappa shape index (κ2) is 8.04. The number of nitrogens with one attached hydrogen (secondary N) is 1. The van der Waals surface area contributed by atoms with Gasteiger partial charge in [-0.3, -0.25) is 9.59 Å². The van der Waals surface area contributed by atoms with Gasteiger partial charge in [0.2, 0.25) is 11.8 Å². The van der Waals surface area contributed by atoms with E-state index in [1.165, 1.54) is 0 Å². The fourth-order valence-corrected chi connectivity index (χ4v) is 3.31. The van der Waals surface area contributed by atoms with E-state index in [4.69, 9.17) is 4.74 Å². The molecule has 5 heteroatoms. The van der Waals surface area contributed by atoms with Gasteiger partial charge in [0.1, 0.15) is 11.8 Å². The lowest BCUT2D eigenvalue weighted by molar-refractivity contribution is -0.143. The van der Waals surface area contributed by atoms with Gasteiger partial charge in [0.05, 0.1) is 7.11 Å². The van der Waals surface area contributed by atoms with Crippen molar-refractivity contribution in [2.75, 3.05) is 20.2 Å². The quantitative estimate of drug-likeness (QED) is 0.900. The highest BCUT2D eigenvalue weighted by Gasteiger charge is 2.33. The molecular weight excluding hydrogens is 328 g/mol. The molecular formula is C21H24N2O3. The van der Waals surface area contributed by atoms with Crippen LogP contribution in [0.2, 0.25) is 0 Å². The molecule has 0 radical (unpaired) electrons. The van der Waals surface area contributed by atoms with Gasteiger partial charge in [-0.1, -0.05) is 48.0 Å². The topological polar surface area (TPSA) is 58.6 Å². The zero-order valence-corrected chi connectivity index (χ0v) is 15.2. The molecule has 0 aliphatic carbocycles. The maximum Gasteiger partial charge on any atom is 0.247 e. The van der Waals surface area contributed by atoms with Gasteiger partial charge in [-0.15, -0.1) is 0 Å². The largest absolute Gasteiger partial charge is 0.496 e. The van der Waals surface area contributed by atoms with Crippen LogP contribution in [0, 0.1) is 6.92 Å². The van der Waals surface area contributed by atoms with E-state index in [0.29, 0.717) is 25.9 Å². The first kappa shape index (κ1) is 18.0. The average Bonchev–Trinajstić information content (AvgIpc) is 2.67. The summed E-state index contributed by atoms with van der Waals surface area (Å²) in [6, 6.07) is 14.9. The number of carbonyl (C=O) groups excluding carboxylic acids is 2. The Morgan fingerprint density at radius 1 is 1.19 bits per heavy atom. The van der Waals surface area contributed by atoms with E-state index >= 15 is 0 Å². The zero-order chi connectivity index (χ0) is 18.5. The van der Waals surface area contributed by atoms with E-state index in [1.54, 1.807) is 12.0 Å². The van der Waals surface area contributed by atoms with Crippen molar-refractivity contribution in [2.45, 2.75) is 25.8 Å². The van der Waals surface area contributed by atoms with Crippen molar-refractivity contribution in [2.24, 2.45) is 0 Å². The van der Waals surface area contributed by atoms with Gasteiger partial charge in [-0.05, 0) is 30.5 Å². The fraction of sp³-hybridized carbons (Fsp3) is 0.333. The van der Waals surface area contributed by atoms with Crippen LogP contribution in [0.15, 0.2) is 48.5 Å². The van der Waals surface area contributed by atoms with E-state index in [2.05, 4.69) is 5.32 Å². The Bertz CT molecular complexity index is 786. The molecule has 136 valence electrons. The van der Waals surface area contributed by atoms with Gasteiger partial charge in [0.25, 0.3) is 0 Å². The zero-order valence-electron chi connectivity index (χ0n) is 15.2. The third kappa shape index (κ3) is 3.87. The summed E-state index contributed by atoms with van der Waals surface area (Å²) in [5.41, 5.74) is 2.97. The molecule has 0 spiro atoms. The number of nitrogens with zero attached hydrogens (tertiary/aromatic N) is 1. The Balaban J connectivity index is 1.75. The summed E-state index contributed by atoms with van der Waals surface area (Å²) in [4.78, 5) is 27.0. The van der Waals surface area contributed by atoms with Crippen molar-refractivity contribution in [3.05, 3.63) is 65.2 Å². The van der Waals surface area contributed by atoms with Crippen LogP contribution in [0.5, 0.6) is 5.75 Å². The first-order valence-electron chi connectivity index (χ1n) is 8.86. The molecule has 1 aliphatic heterocycles. The summed E-state index contributed by atoms with van der Waals surface area (Å²) in [5.74, 6) is 0.647. The highest BCUT2D eigenvalue weighted by atomic mass is 16.5. The number of aryl methyl sites for hydroxylation is 2. The number of rotatable bonds is 5. The molecule has 1 saturated heterocycles. The molecule has 2 aromatic carbocycles. The molecule has 1 aliphatic rings.